The van der Waals surface area contributed by atoms with Crippen LogP contribution in [0.5, 0.6) is 11.5 Å². The predicted octanol–water partition coefficient (Wildman–Crippen LogP) is 1.70. The van der Waals surface area contributed by atoms with E-state index in [0.29, 0.717) is 0 Å². The zero-order valence-electron chi connectivity index (χ0n) is 8.25. The van der Waals surface area contributed by atoms with E-state index in [0.717, 1.165) is 24.9 Å². The molecule has 3 N–H and O–H groups in total. The van der Waals surface area contributed by atoms with Crippen molar-refractivity contribution >= 4 is 0 Å². The standard InChI is InChI=1S/C11H15NO2/c1-11(5-2-6-12-11)9-7-8(13)3-4-10(9)14/h3-4,7,12-14H,2,5-6H2,1H3. The molecule has 0 aromatic heterocycles. The van der Waals surface area contributed by atoms with Gasteiger partial charge in [-0.15, -0.1) is 0 Å². The summed E-state index contributed by atoms with van der Waals surface area (Å²) in [5.41, 5.74) is 0.595. The lowest BCUT2D eigenvalue weighted by Gasteiger charge is -2.25. The van der Waals surface area contributed by atoms with Crippen molar-refractivity contribution in [3.8, 4) is 11.5 Å². The summed E-state index contributed by atoms with van der Waals surface area (Å²) in [6.45, 7) is 3.01. The minimum absolute atomic E-state index is 0.192. The molecule has 0 spiro atoms. The number of aromatic hydroxyl groups is 2. The zero-order valence-corrected chi connectivity index (χ0v) is 8.25. The first-order chi connectivity index (χ1) is 6.62. The molecule has 3 nitrogen and oxygen atoms in total. The zero-order chi connectivity index (χ0) is 10.2. The Hall–Kier alpha value is -1.22. The third-order valence-electron chi connectivity index (χ3n) is 2.94. The summed E-state index contributed by atoms with van der Waals surface area (Å²) < 4.78 is 0. The van der Waals surface area contributed by atoms with Crippen molar-refractivity contribution < 1.29 is 10.2 Å². The second-order valence-corrected chi connectivity index (χ2v) is 4.06. The van der Waals surface area contributed by atoms with Gasteiger partial charge in [0.05, 0.1) is 0 Å². The van der Waals surface area contributed by atoms with Crippen LogP contribution >= 0.6 is 0 Å². The normalized spacial score (nSPS) is 26.6. The van der Waals surface area contributed by atoms with E-state index in [2.05, 4.69) is 12.2 Å². The molecular weight excluding hydrogens is 178 g/mol. The van der Waals surface area contributed by atoms with Gasteiger partial charge in [0.1, 0.15) is 11.5 Å². The van der Waals surface area contributed by atoms with Crippen LogP contribution in [0.25, 0.3) is 0 Å². The summed E-state index contributed by atoms with van der Waals surface area (Å²) in [5, 5.41) is 22.4. The highest BCUT2D eigenvalue weighted by Gasteiger charge is 2.32. The second-order valence-electron chi connectivity index (χ2n) is 4.06. The molecule has 1 aromatic carbocycles. The number of phenolic OH excluding ortho intramolecular Hbond substituents is 2. The fourth-order valence-electron chi connectivity index (χ4n) is 2.09. The Kier molecular flexibility index (Phi) is 2.11. The molecule has 0 saturated carbocycles. The first-order valence-corrected chi connectivity index (χ1v) is 4.89. The van der Waals surface area contributed by atoms with Crippen LogP contribution in [0.4, 0.5) is 0 Å². The molecule has 14 heavy (non-hydrogen) atoms. The number of rotatable bonds is 1. The van der Waals surface area contributed by atoms with Crippen LogP contribution in [0.15, 0.2) is 18.2 Å². The van der Waals surface area contributed by atoms with E-state index in [1.807, 2.05) is 0 Å². The van der Waals surface area contributed by atoms with Gasteiger partial charge in [-0.25, -0.2) is 0 Å². The minimum Gasteiger partial charge on any atom is -0.508 e. The number of phenols is 2. The average molecular weight is 193 g/mol. The molecule has 1 saturated heterocycles. The topological polar surface area (TPSA) is 52.5 Å². The molecule has 76 valence electrons. The van der Waals surface area contributed by atoms with Crippen LogP contribution in [-0.4, -0.2) is 16.8 Å². The van der Waals surface area contributed by atoms with E-state index in [1.165, 1.54) is 12.1 Å². The molecular formula is C11H15NO2. The van der Waals surface area contributed by atoms with Gasteiger partial charge in [-0.3, -0.25) is 0 Å². The van der Waals surface area contributed by atoms with Crippen LogP contribution in [0.3, 0.4) is 0 Å². The quantitative estimate of drug-likeness (QED) is 0.595. The molecule has 1 heterocycles. The van der Waals surface area contributed by atoms with Crippen molar-refractivity contribution in [2.24, 2.45) is 0 Å². The van der Waals surface area contributed by atoms with Crippen molar-refractivity contribution in [2.45, 2.75) is 25.3 Å². The van der Waals surface area contributed by atoms with Crippen molar-refractivity contribution in [3.05, 3.63) is 23.8 Å². The van der Waals surface area contributed by atoms with Crippen LogP contribution in [-0.2, 0) is 5.54 Å². The van der Waals surface area contributed by atoms with Crippen LogP contribution in [0.1, 0.15) is 25.3 Å². The number of nitrogens with one attached hydrogen (secondary N) is 1. The van der Waals surface area contributed by atoms with Crippen LogP contribution in [0, 0.1) is 0 Å². The Morgan fingerprint density at radius 1 is 1.36 bits per heavy atom. The lowest BCUT2D eigenvalue weighted by Crippen LogP contribution is -2.33. The number of benzene rings is 1. The Balaban J connectivity index is 2.44. The molecule has 1 unspecified atom stereocenters. The lowest BCUT2D eigenvalue weighted by molar-refractivity contribution is 0.389. The highest BCUT2D eigenvalue weighted by atomic mass is 16.3. The third-order valence-corrected chi connectivity index (χ3v) is 2.94. The molecule has 0 bridgehead atoms. The molecule has 1 atom stereocenters. The summed E-state index contributed by atoms with van der Waals surface area (Å²) in [5.74, 6) is 0.451. The average Bonchev–Trinajstić information content (AvgIpc) is 2.58. The molecule has 1 aliphatic rings. The number of hydrogen-bond acceptors (Lipinski definition) is 3. The molecule has 0 aliphatic carbocycles. The molecule has 2 rings (SSSR count). The SMILES string of the molecule is CC1(c2cc(O)ccc2O)CCCN1. The predicted molar refractivity (Wildman–Crippen MR) is 54.4 cm³/mol. The van der Waals surface area contributed by atoms with Crippen molar-refractivity contribution in [1.29, 1.82) is 0 Å². The second kappa shape index (κ2) is 3.17. The van der Waals surface area contributed by atoms with E-state index in [9.17, 15) is 10.2 Å². The van der Waals surface area contributed by atoms with Crippen LogP contribution < -0.4 is 5.32 Å². The minimum atomic E-state index is -0.192. The smallest absolute Gasteiger partial charge is 0.120 e. The molecule has 1 aliphatic heterocycles. The van der Waals surface area contributed by atoms with Gasteiger partial charge in [-0.2, -0.15) is 0 Å². The lowest BCUT2D eigenvalue weighted by atomic mass is 9.89. The summed E-state index contributed by atoms with van der Waals surface area (Å²) >= 11 is 0. The van der Waals surface area contributed by atoms with Gasteiger partial charge in [0.15, 0.2) is 0 Å². The number of hydrogen-bond donors (Lipinski definition) is 3. The van der Waals surface area contributed by atoms with Gasteiger partial charge in [-0.05, 0) is 44.5 Å². The molecule has 0 amide bonds. The summed E-state index contributed by atoms with van der Waals surface area (Å²) in [7, 11) is 0. The summed E-state index contributed by atoms with van der Waals surface area (Å²) in [4.78, 5) is 0. The van der Waals surface area contributed by atoms with E-state index < -0.39 is 0 Å². The Bertz CT molecular complexity index is 343. The highest BCUT2D eigenvalue weighted by Crippen LogP contribution is 2.37. The fraction of sp³-hybridized carbons (Fsp3) is 0.455. The molecule has 1 fully saturated rings. The fourth-order valence-corrected chi connectivity index (χ4v) is 2.09. The largest absolute Gasteiger partial charge is 0.508 e. The first-order valence-electron chi connectivity index (χ1n) is 4.89. The van der Waals surface area contributed by atoms with Crippen molar-refractivity contribution in [1.82, 2.24) is 5.32 Å². The monoisotopic (exact) mass is 193 g/mol. The molecule has 3 heteroatoms. The van der Waals surface area contributed by atoms with Gasteiger partial charge in [0.25, 0.3) is 0 Å². The van der Waals surface area contributed by atoms with Gasteiger partial charge in [0.2, 0.25) is 0 Å². The Morgan fingerprint density at radius 3 is 2.79 bits per heavy atom. The molecule has 0 radical (unpaired) electrons. The maximum absolute atomic E-state index is 9.71. The van der Waals surface area contributed by atoms with E-state index in [4.69, 9.17) is 0 Å². The molecule has 1 aromatic rings. The summed E-state index contributed by atoms with van der Waals surface area (Å²) in [6, 6.07) is 4.67. The van der Waals surface area contributed by atoms with Gasteiger partial charge in [0, 0.05) is 11.1 Å². The summed E-state index contributed by atoms with van der Waals surface area (Å²) in [6.07, 6.45) is 2.09. The maximum atomic E-state index is 9.71. The van der Waals surface area contributed by atoms with Gasteiger partial charge in [-0.1, -0.05) is 0 Å². The Labute approximate surface area is 83.4 Å². The Morgan fingerprint density at radius 2 is 2.14 bits per heavy atom. The van der Waals surface area contributed by atoms with E-state index in [-0.39, 0.29) is 17.0 Å². The van der Waals surface area contributed by atoms with Gasteiger partial charge < -0.3 is 15.5 Å². The first kappa shape index (κ1) is 9.34. The van der Waals surface area contributed by atoms with Crippen molar-refractivity contribution in [3.63, 3.8) is 0 Å². The third kappa shape index (κ3) is 1.44. The van der Waals surface area contributed by atoms with Gasteiger partial charge >= 0.3 is 0 Å². The van der Waals surface area contributed by atoms with E-state index >= 15 is 0 Å². The maximum Gasteiger partial charge on any atom is 0.120 e. The highest BCUT2D eigenvalue weighted by molar-refractivity contribution is 5.43. The van der Waals surface area contributed by atoms with E-state index in [1.54, 1.807) is 6.07 Å². The van der Waals surface area contributed by atoms with Crippen LogP contribution in [0.2, 0.25) is 0 Å². The van der Waals surface area contributed by atoms with Crippen molar-refractivity contribution in [2.75, 3.05) is 6.54 Å².